The first-order chi connectivity index (χ1) is 18.3. The van der Waals surface area contributed by atoms with Crippen LogP contribution in [0.1, 0.15) is 37.0 Å². The van der Waals surface area contributed by atoms with Gasteiger partial charge in [-0.15, -0.1) is 0 Å². The maximum absolute atomic E-state index is 12.7. The molecule has 0 aliphatic rings. The van der Waals surface area contributed by atoms with E-state index in [1.165, 1.54) is 19.3 Å². The molecule has 2 amide bonds. The van der Waals surface area contributed by atoms with Crippen LogP contribution in [-0.2, 0) is 9.53 Å². The molecule has 0 bridgehead atoms. The van der Waals surface area contributed by atoms with Crippen LogP contribution in [0.4, 0.5) is 21.9 Å². The van der Waals surface area contributed by atoms with E-state index >= 15 is 0 Å². The first-order valence-corrected chi connectivity index (χ1v) is 12.0. The molecule has 3 aromatic rings. The number of phenolic OH excluding ortho intramolecular Hbond substituents is 1. The van der Waals surface area contributed by atoms with Crippen molar-refractivity contribution in [3.05, 3.63) is 90.0 Å². The predicted octanol–water partition coefficient (Wildman–Crippen LogP) is 5.76. The Labute approximate surface area is 221 Å². The first-order valence-electron chi connectivity index (χ1n) is 12.0. The lowest BCUT2D eigenvalue weighted by molar-refractivity contribution is -0.111. The summed E-state index contributed by atoms with van der Waals surface area (Å²) in [6.07, 6.45) is 2.92. The molecular weight excluding hydrogens is 484 g/mol. The number of hydrogen-bond donors (Lipinski definition) is 4. The quantitative estimate of drug-likeness (QED) is 0.199. The van der Waals surface area contributed by atoms with E-state index in [4.69, 9.17) is 20.5 Å². The SMILES string of the molecule is COc1ccc([C@H](OC(=O)Nc2ccc(C#N)cc2)[C@H](C)CC/C=C/C(=O)Nc2ccccc2N)cc1O. The molecule has 3 aromatic carbocycles. The van der Waals surface area contributed by atoms with E-state index in [2.05, 4.69) is 10.6 Å². The van der Waals surface area contributed by atoms with Gasteiger partial charge < -0.3 is 25.6 Å². The maximum atomic E-state index is 12.7. The van der Waals surface area contributed by atoms with Crippen molar-refractivity contribution in [2.75, 3.05) is 23.5 Å². The van der Waals surface area contributed by atoms with Gasteiger partial charge in [0, 0.05) is 5.69 Å². The molecule has 0 unspecified atom stereocenters. The molecule has 0 aromatic heterocycles. The van der Waals surface area contributed by atoms with Crippen molar-refractivity contribution in [1.29, 1.82) is 5.26 Å². The third-order valence-corrected chi connectivity index (χ3v) is 5.82. The maximum Gasteiger partial charge on any atom is 0.412 e. The van der Waals surface area contributed by atoms with Gasteiger partial charge in [0.15, 0.2) is 11.5 Å². The summed E-state index contributed by atoms with van der Waals surface area (Å²) in [4.78, 5) is 25.0. The van der Waals surface area contributed by atoms with Crippen molar-refractivity contribution in [2.24, 2.45) is 5.92 Å². The molecule has 0 heterocycles. The summed E-state index contributed by atoms with van der Waals surface area (Å²) in [5, 5.41) is 24.6. The number of benzene rings is 3. The van der Waals surface area contributed by atoms with E-state index in [0.717, 1.165) is 0 Å². The van der Waals surface area contributed by atoms with Crippen LogP contribution < -0.4 is 21.1 Å². The molecule has 0 radical (unpaired) electrons. The van der Waals surface area contributed by atoms with Crippen molar-refractivity contribution < 1.29 is 24.2 Å². The second-order valence-electron chi connectivity index (χ2n) is 8.60. The van der Waals surface area contributed by atoms with Crippen LogP contribution in [0.5, 0.6) is 11.5 Å². The van der Waals surface area contributed by atoms with Gasteiger partial charge in [0.05, 0.1) is 30.1 Å². The molecule has 38 heavy (non-hydrogen) atoms. The van der Waals surface area contributed by atoms with Gasteiger partial charge in [-0.05, 0) is 78.9 Å². The van der Waals surface area contributed by atoms with E-state index in [0.29, 0.717) is 46.8 Å². The molecule has 9 nitrogen and oxygen atoms in total. The largest absolute Gasteiger partial charge is 0.504 e. The highest BCUT2D eigenvalue weighted by atomic mass is 16.6. The zero-order valence-electron chi connectivity index (χ0n) is 21.2. The number of amides is 2. The topological polar surface area (TPSA) is 147 Å². The van der Waals surface area contributed by atoms with E-state index in [-0.39, 0.29) is 17.6 Å². The molecule has 3 rings (SSSR count). The average Bonchev–Trinajstić information content (AvgIpc) is 2.91. The molecule has 2 atom stereocenters. The third kappa shape index (κ3) is 7.77. The second kappa shape index (κ2) is 13.4. The van der Waals surface area contributed by atoms with Crippen molar-refractivity contribution in [1.82, 2.24) is 0 Å². The van der Waals surface area contributed by atoms with E-state index in [1.807, 2.05) is 13.0 Å². The van der Waals surface area contributed by atoms with E-state index in [1.54, 1.807) is 66.7 Å². The van der Waals surface area contributed by atoms with Crippen LogP contribution in [0.3, 0.4) is 0 Å². The number of carbonyl (C=O) groups excluding carboxylic acids is 2. The summed E-state index contributed by atoms with van der Waals surface area (Å²) in [5.74, 6) is -0.248. The number of nitrogen functional groups attached to an aromatic ring is 1. The summed E-state index contributed by atoms with van der Waals surface area (Å²) in [6.45, 7) is 1.92. The van der Waals surface area contributed by atoms with Gasteiger partial charge in [-0.25, -0.2) is 4.79 Å². The lowest BCUT2D eigenvalue weighted by Crippen LogP contribution is -2.22. The minimum atomic E-state index is -0.698. The zero-order chi connectivity index (χ0) is 27.5. The molecule has 5 N–H and O–H groups in total. The van der Waals surface area contributed by atoms with Gasteiger partial charge in [0.25, 0.3) is 0 Å². The Morgan fingerprint density at radius 2 is 1.84 bits per heavy atom. The van der Waals surface area contributed by atoms with Gasteiger partial charge in [0.2, 0.25) is 5.91 Å². The number of nitriles is 1. The number of hydrogen-bond acceptors (Lipinski definition) is 7. The zero-order valence-corrected chi connectivity index (χ0v) is 21.2. The second-order valence-corrected chi connectivity index (χ2v) is 8.60. The summed E-state index contributed by atoms with van der Waals surface area (Å²) >= 11 is 0. The van der Waals surface area contributed by atoms with Crippen molar-refractivity contribution in [2.45, 2.75) is 25.9 Å². The normalized spacial score (nSPS) is 12.2. The first kappa shape index (κ1) is 27.6. The number of anilines is 3. The minimum Gasteiger partial charge on any atom is -0.504 e. The van der Waals surface area contributed by atoms with Crippen LogP contribution in [0, 0.1) is 17.2 Å². The van der Waals surface area contributed by atoms with Gasteiger partial charge in [-0.2, -0.15) is 5.26 Å². The Morgan fingerprint density at radius 3 is 2.50 bits per heavy atom. The highest BCUT2D eigenvalue weighted by Crippen LogP contribution is 2.35. The van der Waals surface area contributed by atoms with Crippen LogP contribution in [0.15, 0.2) is 78.9 Å². The predicted molar refractivity (Wildman–Crippen MR) is 146 cm³/mol. The smallest absolute Gasteiger partial charge is 0.412 e. The summed E-state index contributed by atoms with van der Waals surface area (Å²) < 4.78 is 10.9. The third-order valence-electron chi connectivity index (χ3n) is 5.82. The van der Waals surface area contributed by atoms with Crippen LogP contribution in [0.2, 0.25) is 0 Å². The number of allylic oxidation sites excluding steroid dienone is 1. The number of phenols is 1. The minimum absolute atomic E-state index is 0.0740. The molecule has 196 valence electrons. The summed E-state index contributed by atoms with van der Waals surface area (Å²) in [6, 6.07) is 20.2. The van der Waals surface area contributed by atoms with Gasteiger partial charge in [-0.1, -0.05) is 31.2 Å². The number of nitrogens with two attached hydrogens (primary N) is 1. The van der Waals surface area contributed by atoms with Crippen LogP contribution in [0.25, 0.3) is 0 Å². The number of methoxy groups -OCH3 is 1. The molecule has 0 fully saturated rings. The van der Waals surface area contributed by atoms with Crippen LogP contribution >= 0.6 is 0 Å². The molecule has 0 aliphatic heterocycles. The molecule has 0 aliphatic carbocycles. The highest BCUT2D eigenvalue weighted by Gasteiger charge is 2.24. The van der Waals surface area contributed by atoms with Gasteiger partial charge in [0.1, 0.15) is 6.10 Å². The molecule has 9 heteroatoms. The Bertz CT molecular complexity index is 1330. The molecular formula is C29H30N4O5. The van der Waals surface area contributed by atoms with Crippen molar-refractivity contribution in [3.8, 4) is 17.6 Å². The fourth-order valence-corrected chi connectivity index (χ4v) is 3.77. The monoisotopic (exact) mass is 514 g/mol. The molecule has 0 spiro atoms. The Morgan fingerprint density at radius 1 is 1.11 bits per heavy atom. The van der Waals surface area contributed by atoms with Crippen LogP contribution in [-0.4, -0.2) is 24.2 Å². The highest BCUT2D eigenvalue weighted by molar-refractivity contribution is 6.01. The average molecular weight is 515 g/mol. The lowest BCUT2D eigenvalue weighted by Gasteiger charge is -2.25. The number of nitrogens with one attached hydrogen (secondary N) is 2. The fraction of sp³-hybridized carbons (Fsp3) is 0.207. The van der Waals surface area contributed by atoms with Gasteiger partial charge >= 0.3 is 6.09 Å². The number of nitrogens with zero attached hydrogens (tertiary/aromatic N) is 1. The Kier molecular flexibility index (Phi) is 9.72. The fourth-order valence-electron chi connectivity index (χ4n) is 3.77. The van der Waals surface area contributed by atoms with Crippen molar-refractivity contribution in [3.63, 3.8) is 0 Å². The number of para-hydroxylation sites is 2. The number of rotatable bonds is 10. The van der Waals surface area contributed by atoms with Crippen molar-refractivity contribution >= 4 is 29.1 Å². The Hall–Kier alpha value is -4.97. The molecule has 0 saturated heterocycles. The lowest BCUT2D eigenvalue weighted by atomic mass is 9.92. The Balaban J connectivity index is 1.66. The molecule has 0 saturated carbocycles. The summed E-state index contributed by atoms with van der Waals surface area (Å²) in [5.41, 5.74) is 8.41. The number of aromatic hydroxyl groups is 1. The van der Waals surface area contributed by atoms with E-state index < -0.39 is 12.2 Å². The number of ether oxygens (including phenoxy) is 2. The number of carbonyl (C=O) groups is 2. The standard InChI is InChI=1S/C29H30N4O5/c1-19(7-3-6-10-27(35)33-24-9-5-4-8-23(24)31)28(21-13-16-26(37-2)25(34)17-21)38-29(36)32-22-14-11-20(18-30)12-15-22/h4-6,8-17,19,28,34H,3,7,31H2,1-2H3,(H,32,36)(H,33,35)/b10-6+/t19-,28-/m1/s1. The van der Waals surface area contributed by atoms with E-state index in [9.17, 15) is 14.7 Å². The summed E-state index contributed by atoms with van der Waals surface area (Å²) in [7, 11) is 1.45. The van der Waals surface area contributed by atoms with Gasteiger partial charge in [-0.3, -0.25) is 10.1 Å².